The minimum Gasteiger partial charge on any atom is -0.490 e. The van der Waals surface area contributed by atoms with Crippen LogP contribution in [0.2, 0.25) is 0 Å². The van der Waals surface area contributed by atoms with E-state index in [-0.39, 0.29) is 24.7 Å². The Morgan fingerprint density at radius 3 is 2.37 bits per heavy atom. The molecule has 1 saturated heterocycles. The molecule has 0 aromatic heterocycles. The van der Waals surface area contributed by atoms with Gasteiger partial charge in [-0.3, -0.25) is 10.1 Å². The Hall–Kier alpha value is -2.32. The lowest BCUT2D eigenvalue weighted by molar-refractivity contribution is -0.907. The fourth-order valence-electron chi connectivity index (χ4n) is 3.22. The fourth-order valence-corrected chi connectivity index (χ4v) is 3.22. The average molecular weight is 380 g/mol. The molecule has 8 nitrogen and oxygen atoms in total. The fraction of sp³-hybridized carbons (Fsp3) is 0.579. The number of anilines is 1. The Morgan fingerprint density at radius 2 is 1.74 bits per heavy atom. The predicted molar refractivity (Wildman–Crippen MR) is 102 cm³/mol. The van der Waals surface area contributed by atoms with E-state index in [1.54, 1.807) is 18.2 Å². The summed E-state index contributed by atoms with van der Waals surface area (Å²) in [5.74, 6) is 0.838. The molecule has 0 bridgehead atoms. The number of morpholine rings is 1. The number of carbonyl (C=O) groups is 2. The van der Waals surface area contributed by atoms with Gasteiger partial charge in [-0.25, -0.2) is 4.79 Å². The summed E-state index contributed by atoms with van der Waals surface area (Å²) in [5.41, 5.74) is 0.521. The van der Waals surface area contributed by atoms with E-state index in [0.29, 0.717) is 30.4 Å². The molecule has 2 rings (SSSR count). The molecule has 1 aliphatic heterocycles. The number of hydrogen-bond acceptors (Lipinski definition) is 5. The number of ether oxygens (including phenoxy) is 3. The molecule has 3 amide bonds. The van der Waals surface area contributed by atoms with Crippen LogP contribution in [0.25, 0.3) is 0 Å². The van der Waals surface area contributed by atoms with Crippen LogP contribution in [0.15, 0.2) is 18.2 Å². The van der Waals surface area contributed by atoms with Crippen molar-refractivity contribution in [1.29, 1.82) is 0 Å². The van der Waals surface area contributed by atoms with Crippen molar-refractivity contribution in [2.45, 2.75) is 39.9 Å². The Bertz CT molecular complexity index is 642. The normalized spacial score (nSPS) is 22.0. The predicted octanol–water partition coefficient (Wildman–Crippen LogP) is 0.824. The standard InChI is InChI=1S/C19H29N3O5/c1-5-25-16-8-7-15(9-17(16)26-6-2)20-19(24)21-18(23)12-22-10-13(3)27-14(4)11-22/h7-9,13-14H,5-6,10-12H2,1-4H3,(H2,20,21,23,24)/p+1/t13-,14-/m0/s1. The molecule has 27 heavy (non-hydrogen) atoms. The SMILES string of the molecule is CCOc1ccc(NC(=O)NC(=O)C[NH+]2C[C@H](C)O[C@@H](C)C2)cc1OCC. The number of carbonyl (C=O) groups excluding carboxylic acids is 2. The zero-order valence-electron chi connectivity index (χ0n) is 16.5. The lowest BCUT2D eigenvalue weighted by Crippen LogP contribution is -3.16. The maximum absolute atomic E-state index is 12.2. The molecular formula is C19H30N3O5+. The van der Waals surface area contributed by atoms with Gasteiger partial charge in [0.2, 0.25) is 0 Å². The molecule has 0 spiro atoms. The highest BCUT2D eigenvalue weighted by Crippen LogP contribution is 2.30. The average Bonchev–Trinajstić information content (AvgIpc) is 2.56. The van der Waals surface area contributed by atoms with Crippen LogP contribution in [-0.2, 0) is 9.53 Å². The van der Waals surface area contributed by atoms with E-state index in [0.717, 1.165) is 18.0 Å². The van der Waals surface area contributed by atoms with Gasteiger partial charge in [-0.05, 0) is 39.8 Å². The van der Waals surface area contributed by atoms with Crippen molar-refractivity contribution in [2.24, 2.45) is 0 Å². The zero-order chi connectivity index (χ0) is 19.8. The molecule has 3 N–H and O–H groups in total. The lowest BCUT2D eigenvalue weighted by Gasteiger charge is -2.31. The first-order chi connectivity index (χ1) is 12.9. The van der Waals surface area contributed by atoms with Gasteiger partial charge in [-0.1, -0.05) is 0 Å². The summed E-state index contributed by atoms with van der Waals surface area (Å²) in [5, 5.41) is 5.03. The lowest BCUT2D eigenvalue weighted by atomic mass is 10.2. The van der Waals surface area contributed by atoms with Crippen LogP contribution < -0.4 is 25.0 Å². The van der Waals surface area contributed by atoms with Crippen molar-refractivity contribution in [1.82, 2.24) is 5.32 Å². The third-order valence-electron chi connectivity index (χ3n) is 4.08. The van der Waals surface area contributed by atoms with Gasteiger partial charge in [0.1, 0.15) is 25.3 Å². The topological polar surface area (TPSA) is 90.3 Å². The van der Waals surface area contributed by atoms with Gasteiger partial charge in [0, 0.05) is 11.8 Å². The number of quaternary nitrogens is 1. The van der Waals surface area contributed by atoms with Crippen molar-refractivity contribution in [3.05, 3.63) is 18.2 Å². The highest BCUT2D eigenvalue weighted by Gasteiger charge is 2.27. The molecule has 150 valence electrons. The number of rotatable bonds is 7. The van der Waals surface area contributed by atoms with Crippen LogP contribution in [0.1, 0.15) is 27.7 Å². The molecule has 0 saturated carbocycles. The van der Waals surface area contributed by atoms with Crippen LogP contribution in [0.5, 0.6) is 11.5 Å². The second kappa shape index (κ2) is 10.1. The highest BCUT2D eigenvalue weighted by molar-refractivity contribution is 6.01. The van der Waals surface area contributed by atoms with Gasteiger partial charge in [-0.2, -0.15) is 0 Å². The summed E-state index contributed by atoms with van der Waals surface area (Å²) in [6.45, 7) is 10.5. The van der Waals surface area contributed by atoms with Crippen LogP contribution >= 0.6 is 0 Å². The van der Waals surface area contributed by atoms with E-state index in [9.17, 15) is 9.59 Å². The molecule has 0 aliphatic carbocycles. The molecule has 8 heteroatoms. The number of hydrogen-bond donors (Lipinski definition) is 3. The molecule has 1 aromatic rings. The van der Waals surface area contributed by atoms with E-state index in [4.69, 9.17) is 14.2 Å². The Balaban J connectivity index is 1.89. The van der Waals surface area contributed by atoms with Gasteiger partial charge in [0.15, 0.2) is 18.0 Å². The molecule has 1 fully saturated rings. The summed E-state index contributed by atoms with van der Waals surface area (Å²) in [4.78, 5) is 25.4. The first kappa shape index (κ1) is 21.0. The number of urea groups is 1. The molecule has 1 heterocycles. The Morgan fingerprint density at radius 1 is 1.11 bits per heavy atom. The Kier molecular flexibility index (Phi) is 7.87. The minimum absolute atomic E-state index is 0.103. The van der Waals surface area contributed by atoms with Crippen molar-refractivity contribution in [3.8, 4) is 11.5 Å². The van der Waals surface area contributed by atoms with Gasteiger partial charge in [-0.15, -0.1) is 0 Å². The van der Waals surface area contributed by atoms with Gasteiger partial charge in [0.25, 0.3) is 5.91 Å². The van der Waals surface area contributed by atoms with E-state index >= 15 is 0 Å². The summed E-state index contributed by atoms with van der Waals surface area (Å²) >= 11 is 0. The smallest absolute Gasteiger partial charge is 0.326 e. The van der Waals surface area contributed by atoms with Crippen molar-refractivity contribution in [2.75, 3.05) is 38.2 Å². The third-order valence-corrected chi connectivity index (χ3v) is 4.08. The van der Waals surface area contributed by atoms with E-state index in [1.165, 1.54) is 0 Å². The summed E-state index contributed by atoms with van der Waals surface area (Å²) in [6, 6.07) is 4.54. The van der Waals surface area contributed by atoms with Crippen molar-refractivity contribution >= 4 is 17.6 Å². The molecule has 1 aromatic carbocycles. The van der Waals surface area contributed by atoms with Crippen LogP contribution in [0.3, 0.4) is 0 Å². The van der Waals surface area contributed by atoms with E-state index in [1.807, 2.05) is 27.7 Å². The van der Waals surface area contributed by atoms with Crippen molar-refractivity contribution in [3.63, 3.8) is 0 Å². The van der Waals surface area contributed by atoms with Gasteiger partial charge < -0.3 is 24.4 Å². The molecular weight excluding hydrogens is 350 g/mol. The largest absolute Gasteiger partial charge is 0.490 e. The quantitative estimate of drug-likeness (QED) is 0.652. The van der Waals surface area contributed by atoms with Gasteiger partial charge in [0.05, 0.1) is 13.2 Å². The van der Waals surface area contributed by atoms with Crippen LogP contribution in [-0.4, -0.2) is 57.0 Å². The first-order valence-electron chi connectivity index (χ1n) is 9.40. The Labute approximate surface area is 160 Å². The highest BCUT2D eigenvalue weighted by atomic mass is 16.5. The monoisotopic (exact) mass is 380 g/mol. The first-order valence-corrected chi connectivity index (χ1v) is 9.40. The van der Waals surface area contributed by atoms with E-state index in [2.05, 4.69) is 10.6 Å². The molecule has 2 atom stereocenters. The van der Waals surface area contributed by atoms with Crippen molar-refractivity contribution < 1.29 is 28.7 Å². The third kappa shape index (κ3) is 6.73. The molecule has 0 unspecified atom stereocenters. The number of nitrogens with one attached hydrogen (secondary N) is 3. The second-order valence-corrected chi connectivity index (χ2v) is 6.62. The number of imide groups is 1. The summed E-state index contributed by atoms with van der Waals surface area (Å²) < 4.78 is 16.7. The van der Waals surface area contributed by atoms with Gasteiger partial charge >= 0.3 is 6.03 Å². The molecule has 0 radical (unpaired) electrons. The van der Waals surface area contributed by atoms with E-state index < -0.39 is 6.03 Å². The minimum atomic E-state index is -0.569. The zero-order valence-corrected chi connectivity index (χ0v) is 16.5. The number of amides is 3. The number of benzene rings is 1. The second-order valence-electron chi connectivity index (χ2n) is 6.62. The van der Waals surface area contributed by atoms with Crippen LogP contribution in [0, 0.1) is 0 Å². The summed E-state index contributed by atoms with van der Waals surface area (Å²) in [7, 11) is 0. The molecule has 1 aliphatic rings. The maximum Gasteiger partial charge on any atom is 0.326 e. The summed E-state index contributed by atoms with van der Waals surface area (Å²) in [6.07, 6.45) is 0.206. The maximum atomic E-state index is 12.2. The van der Waals surface area contributed by atoms with Crippen LogP contribution in [0.4, 0.5) is 10.5 Å².